The number of aliphatic imine (C=N–C) groups is 1. The molecule has 3 nitrogen and oxygen atoms in total. The number of aromatic nitrogens is 2. The van der Waals surface area contributed by atoms with Crippen molar-refractivity contribution in [3.63, 3.8) is 0 Å². The molecular weight excluding hydrogens is 293 g/mol. The molecule has 1 heterocycles. The van der Waals surface area contributed by atoms with Crippen LogP contribution in [-0.2, 0) is 0 Å². The summed E-state index contributed by atoms with van der Waals surface area (Å²) in [5.74, 6) is 0. The van der Waals surface area contributed by atoms with Crippen molar-refractivity contribution in [3.05, 3.63) is 58.2 Å². The second kappa shape index (κ2) is 5.27. The van der Waals surface area contributed by atoms with Gasteiger partial charge in [0.1, 0.15) is 0 Å². The van der Waals surface area contributed by atoms with Crippen LogP contribution in [0.1, 0.15) is 12.5 Å². The third-order valence-corrected chi connectivity index (χ3v) is 3.80. The first-order valence-corrected chi connectivity index (χ1v) is 6.83. The van der Waals surface area contributed by atoms with E-state index in [1.165, 1.54) is 0 Å². The Hall–Kier alpha value is -1.84. The molecule has 3 aromatic rings. The molecule has 0 saturated carbocycles. The average Bonchev–Trinajstić information content (AvgIpc) is 2.90. The van der Waals surface area contributed by atoms with Crippen LogP contribution in [0.4, 0.5) is 5.69 Å². The SMILES string of the molecule is CC(=Nc1ccc(Cl)c(Cl)c1)c1ccc2[nH]ncc2c1. The number of halogens is 2. The van der Waals surface area contributed by atoms with E-state index in [0.29, 0.717) is 10.0 Å². The Morgan fingerprint density at radius 2 is 1.95 bits per heavy atom. The van der Waals surface area contributed by atoms with E-state index in [-0.39, 0.29) is 0 Å². The molecule has 0 amide bonds. The van der Waals surface area contributed by atoms with Crippen LogP contribution in [-0.4, -0.2) is 15.9 Å². The van der Waals surface area contributed by atoms with Gasteiger partial charge in [0.05, 0.1) is 27.4 Å². The Balaban J connectivity index is 1.99. The lowest BCUT2D eigenvalue weighted by molar-refractivity contribution is 1.12. The zero-order chi connectivity index (χ0) is 14.1. The molecule has 2 aromatic carbocycles. The second-order valence-corrected chi connectivity index (χ2v) is 5.28. The Kier molecular flexibility index (Phi) is 3.47. The van der Waals surface area contributed by atoms with Gasteiger partial charge < -0.3 is 0 Å². The molecule has 0 aliphatic rings. The first-order valence-electron chi connectivity index (χ1n) is 6.07. The van der Waals surface area contributed by atoms with E-state index >= 15 is 0 Å². The predicted octanol–water partition coefficient (Wildman–Crippen LogP) is 5.01. The fourth-order valence-electron chi connectivity index (χ4n) is 1.98. The van der Waals surface area contributed by atoms with E-state index in [0.717, 1.165) is 27.9 Å². The number of hydrogen-bond acceptors (Lipinski definition) is 2. The van der Waals surface area contributed by atoms with Gasteiger partial charge in [-0.1, -0.05) is 29.3 Å². The summed E-state index contributed by atoms with van der Waals surface area (Å²) in [6.07, 6.45) is 1.80. The molecule has 3 rings (SSSR count). The highest BCUT2D eigenvalue weighted by molar-refractivity contribution is 6.42. The maximum atomic E-state index is 5.99. The molecule has 0 aliphatic carbocycles. The predicted molar refractivity (Wildman–Crippen MR) is 84.4 cm³/mol. The van der Waals surface area contributed by atoms with Gasteiger partial charge in [-0.25, -0.2) is 0 Å². The number of nitrogens with one attached hydrogen (secondary N) is 1. The summed E-state index contributed by atoms with van der Waals surface area (Å²) in [6.45, 7) is 1.96. The summed E-state index contributed by atoms with van der Waals surface area (Å²) in [5.41, 5.74) is 3.75. The Morgan fingerprint density at radius 1 is 1.10 bits per heavy atom. The van der Waals surface area contributed by atoms with Gasteiger partial charge in [0, 0.05) is 11.1 Å². The normalized spacial score (nSPS) is 12.1. The van der Waals surface area contributed by atoms with Crippen molar-refractivity contribution in [2.45, 2.75) is 6.92 Å². The van der Waals surface area contributed by atoms with Crippen LogP contribution in [0.5, 0.6) is 0 Å². The molecule has 20 heavy (non-hydrogen) atoms. The summed E-state index contributed by atoms with van der Waals surface area (Å²) < 4.78 is 0. The van der Waals surface area contributed by atoms with Gasteiger partial charge >= 0.3 is 0 Å². The first kappa shape index (κ1) is 13.2. The number of fused-ring (bicyclic) bond motifs is 1. The fourth-order valence-corrected chi connectivity index (χ4v) is 2.27. The van der Waals surface area contributed by atoms with Crippen LogP contribution in [0.2, 0.25) is 10.0 Å². The summed E-state index contributed by atoms with van der Waals surface area (Å²) >= 11 is 11.9. The van der Waals surface area contributed by atoms with Gasteiger partial charge in [0.2, 0.25) is 0 Å². The average molecular weight is 304 g/mol. The van der Waals surface area contributed by atoms with Crippen molar-refractivity contribution < 1.29 is 0 Å². The van der Waals surface area contributed by atoms with Crippen LogP contribution < -0.4 is 0 Å². The molecule has 0 spiro atoms. The van der Waals surface area contributed by atoms with Gasteiger partial charge in [0.15, 0.2) is 0 Å². The number of H-pyrrole nitrogens is 1. The third-order valence-electron chi connectivity index (χ3n) is 3.06. The minimum atomic E-state index is 0.506. The van der Waals surface area contributed by atoms with Gasteiger partial charge in [0.25, 0.3) is 0 Å². The summed E-state index contributed by atoms with van der Waals surface area (Å²) in [7, 11) is 0. The summed E-state index contributed by atoms with van der Waals surface area (Å²) in [6, 6.07) is 11.4. The number of hydrogen-bond donors (Lipinski definition) is 1. The highest BCUT2D eigenvalue weighted by Crippen LogP contribution is 2.27. The Bertz CT molecular complexity index is 806. The van der Waals surface area contributed by atoms with Crippen LogP contribution >= 0.6 is 23.2 Å². The van der Waals surface area contributed by atoms with E-state index in [4.69, 9.17) is 23.2 Å². The van der Waals surface area contributed by atoms with Gasteiger partial charge in [-0.2, -0.15) is 5.10 Å². The largest absolute Gasteiger partial charge is 0.278 e. The Labute approximate surface area is 126 Å². The molecule has 5 heteroatoms. The van der Waals surface area contributed by atoms with E-state index in [1.807, 2.05) is 25.1 Å². The standard InChI is InChI=1S/C15H11Cl2N3/c1-9(19-12-3-4-13(16)14(17)7-12)10-2-5-15-11(6-10)8-18-20-15/h2-8H,1H3,(H,18,20). The lowest BCUT2D eigenvalue weighted by Crippen LogP contribution is -1.93. The van der Waals surface area contributed by atoms with E-state index in [1.54, 1.807) is 18.3 Å². The van der Waals surface area contributed by atoms with Gasteiger partial charge in [-0.3, -0.25) is 10.1 Å². The second-order valence-electron chi connectivity index (χ2n) is 4.47. The van der Waals surface area contributed by atoms with Crippen molar-refractivity contribution in [1.82, 2.24) is 10.2 Å². The minimum Gasteiger partial charge on any atom is -0.278 e. The van der Waals surface area contributed by atoms with Crippen LogP contribution in [0.3, 0.4) is 0 Å². The van der Waals surface area contributed by atoms with E-state index in [9.17, 15) is 0 Å². The molecule has 1 aromatic heterocycles. The summed E-state index contributed by atoms with van der Waals surface area (Å²) in [4.78, 5) is 4.57. The quantitative estimate of drug-likeness (QED) is 0.664. The molecule has 100 valence electrons. The molecular formula is C15H11Cl2N3. The maximum absolute atomic E-state index is 5.99. The van der Waals surface area contributed by atoms with Crippen molar-refractivity contribution >= 4 is 45.5 Å². The molecule has 1 N–H and O–H groups in total. The molecule has 0 bridgehead atoms. The fraction of sp³-hybridized carbons (Fsp3) is 0.0667. The molecule has 0 radical (unpaired) electrons. The minimum absolute atomic E-state index is 0.506. The lowest BCUT2D eigenvalue weighted by Gasteiger charge is -2.03. The third kappa shape index (κ3) is 2.55. The van der Waals surface area contributed by atoms with E-state index < -0.39 is 0 Å². The van der Waals surface area contributed by atoms with Crippen LogP contribution in [0.25, 0.3) is 10.9 Å². The number of nitrogens with zero attached hydrogens (tertiary/aromatic N) is 2. The molecule has 0 atom stereocenters. The number of aromatic amines is 1. The van der Waals surface area contributed by atoms with Crippen molar-refractivity contribution in [2.24, 2.45) is 4.99 Å². The first-order chi connectivity index (χ1) is 9.63. The zero-order valence-electron chi connectivity index (χ0n) is 10.7. The summed E-state index contributed by atoms with van der Waals surface area (Å²) in [5, 5.41) is 9.03. The molecule has 0 unspecified atom stereocenters. The lowest BCUT2D eigenvalue weighted by atomic mass is 10.1. The van der Waals surface area contributed by atoms with Crippen LogP contribution in [0, 0.1) is 0 Å². The zero-order valence-corrected chi connectivity index (χ0v) is 12.2. The van der Waals surface area contributed by atoms with Crippen molar-refractivity contribution in [1.29, 1.82) is 0 Å². The molecule has 0 saturated heterocycles. The number of rotatable bonds is 2. The van der Waals surface area contributed by atoms with E-state index in [2.05, 4.69) is 21.3 Å². The van der Waals surface area contributed by atoms with Gasteiger partial charge in [-0.15, -0.1) is 0 Å². The van der Waals surface area contributed by atoms with Crippen LogP contribution in [0.15, 0.2) is 47.6 Å². The number of benzene rings is 2. The highest BCUT2D eigenvalue weighted by Gasteiger charge is 2.03. The highest BCUT2D eigenvalue weighted by atomic mass is 35.5. The van der Waals surface area contributed by atoms with Crippen molar-refractivity contribution in [3.8, 4) is 0 Å². The monoisotopic (exact) mass is 303 g/mol. The molecule has 0 fully saturated rings. The Morgan fingerprint density at radius 3 is 2.75 bits per heavy atom. The van der Waals surface area contributed by atoms with Gasteiger partial charge in [-0.05, 0) is 42.8 Å². The van der Waals surface area contributed by atoms with Crippen molar-refractivity contribution in [2.75, 3.05) is 0 Å². The molecule has 0 aliphatic heterocycles. The maximum Gasteiger partial charge on any atom is 0.0650 e. The smallest absolute Gasteiger partial charge is 0.0650 e. The topological polar surface area (TPSA) is 41.0 Å².